The quantitative estimate of drug-likeness (QED) is 0.640. The molecule has 0 atom stereocenters. The largest absolute Gasteiger partial charge is 0.484 e. The molecule has 0 bridgehead atoms. The average Bonchev–Trinajstić information content (AvgIpc) is 3.06. The van der Waals surface area contributed by atoms with Crippen molar-refractivity contribution in [1.29, 1.82) is 0 Å². The first-order chi connectivity index (χ1) is 12.6. The van der Waals surface area contributed by atoms with E-state index in [-0.39, 0.29) is 25.5 Å². The first-order valence-electron chi connectivity index (χ1n) is 7.91. The lowest BCUT2D eigenvalue weighted by Gasteiger charge is -2.07. The van der Waals surface area contributed by atoms with Gasteiger partial charge in [-0.3, -0.25) is 14.4 Å². The van der Waals surface area contributed by atoms with Crippen LogP contribution in [-0.4, -0.2) is 42.5 Å². The van der Waals surface area contributed by atoms with E-state index in [0.717, 1.165) is 0 Å². The molecule has 0 aliphatic heterocycles. The molecular formula is C17H19N3O5S. The molecule has 2 N–H and O–H groups in total. The molecule has 2 rings (SSSR count). The number of para-hydroxylation sites is 1. The number of ether oxygens (including phenoxy) is 2. The van der Waals surface area contributed by atoms with E-state index in [1.807, 2.05) is 6.07 Å². The molecule has 2 aromatic rings. The number of nitrogens with one attached hydrogen (secondary N) is 2. The average molecular weight is 377 g/mol. The number of hydrogen-bond acceptors (Lipinski definition) is 7. The number of rotatable bonds is 9. The molecule has 1 aromatic carbocycles. The Labute approximate surface area is 154 Å². The third-order valence-electron chi connectivity index (χ3n) is 2.99. The molecule has 0 aliphatic rings. The summed E-state index contributed by atoms with van der Waals surface area (Å²) in [6.45, 7) is 1.64. The lowest BCUT2D eigenvalue weighted by Crippen LogP contribution is -2.35. The summed E-state index contributed by atoms with van der Waals surface area (Å²) in [5.41, 5.74) is 0.518. The maximum atomic E-state index is 11.8. The third-order valence-corrected chi connectivity index (χ3v) is 3.79. The molecule has 1 heterocycles. The van der Waals surface area contributed by atoms with Crippen molar-refractivity contribution in [1.82, 2.24) is 10.3 Å². The van der Waals surface area contributed by atoms with Crippen LogP contribution in [0.25, 0.3) is 0 Å². The highest BCUT2D eigenvalue weighted by molar-refractivity contribution is 7.13. The topological polar surface area (TPSA) is 107 Å². The van der Waals surface area contributed by atoms with Gasteiger partial charge in [0.25, 0.3) is 5.91 Å². The molecule has 0 saturated carbocycles. The van der Waals surface area contributed by atoms with Gasteiger partial charge in [-0.2, -0.15) is 0 Å². The molecule has 2 amide bonds. The monoisotopic (exact) mass is 377 g/mol. The van der Waals surface area contributed by atoms with E-state index in [1.165, 1.54) is 11.3 Å². The van der Waals surface area contributed by atoms with Crippen molar-refractivity contribution in [3.8, 4) is 5.75 Å². The molecule has 9 heteroatoms. The Bertz CT molecular complexity index is 748. The first-order valence-corrected chi connectivity index (χ1v) is 8.79. The van der Waals surface area contributed by atoms with Crippen LogP contribution in [0.3, 0.4) is 0 Å². The minimum atomic E-state index is -0.421. The molecule has 8 nitrogen and oxygen atoms in total. The van der Waals surface area contributed by atoms with Crippen LogP contribution >= 0.6 is 11.3 Å². The van der Waals surface area contributed by atoms with Gasteiger partial charge >= 0.3 is 5.97 Å². The number of carbonyl (C=O) groups excluding carboxylic acids is 3. The Kier molecular flexibility index (Phi) is 7.56. The van der Waals surface area contributed by atoms with Gasteiger partial charge in [-0.1, -0.05) is 18.2 Å². The lowest BCUT2D eigenvalue weighted by atomic mass is 10.3. The van der Waals surface area contributed by atoms with E-state index < -0.39 is 11.8 Å². The summed E-state index contributed by atoms with van der Waals surface area (Å²) in [5, 5.41) is 7.03. The fourth-order valence-electron chi connectivity index (χ4n) is 1.86. The maximum absolute atomic E-state index is 11.8. The molecule has 138 valence electrons. The number of thiazole rings is 1. The van der Waals surface area contributed by atoms with E-state index in [1.54, 1.807) is 36.6 Å². The zero-order valence-electron chi connectivity index (χ0n) is 14.2. The Morgan fingerprint density at radius 3 is 2.65 bits per heavy atom. The number of amides is 2. The second-order valence-corrected chi connectivity index (χ2v) is 5.91. The van der Waals surface area contributed by atoms with Crippen LogP contribution in [0.1, 0.15) is 12.6 Å². The zero-order valence-corrected chi connectivity index (χ0v) is 15.0. The van der Waals surface area contributed by atoms with E-state index in [2.05, 4.69) is 15.6 Å². The second kappa shape index (κ2) is 10.1. The van der Waals surface area contributed by atoms with Gasteiger partial charge in [0.15, 0.2) is 11.7 Å². The van der Waals surface area contributed by atoms with Crippen molar-refractivity contribution >= 4 is 34.3 Å². The Morgan fingerprint density at radius 1 is 1.15 bits per heavy atom. The van der Waals surface area contributed by atoms with Gasteiger partial charge in [-0.25, -0.2) is 4.98 Å². The van der Waals surface area contributed by atoms with E-state index in [9.17, 15) is 14.4 Å². The minimum absolute atomic E-state index is 0.0494. The summed E-state index contributed by atoms with van der Waals surface area (Å²) in [4.78, 5) is 39.0. The van der Waals surface area contributed by atoms with Gasteiger partial charge in [-0.15, -0.1) is 11.3 Å². The van der Waals surface area contributed by atoms with Crippen LogP contribution in [0.15, 0.2) is 35.7 Å². The molecule has 0 aliphatic carbocycles. The summed E-state index contributed by atoms with van der Waals surface area (Å²) in [5.74, 6) is -0.633. The van der Waals surface area contributed by atoms with Crippen molar-refractivity contribution < 1.29 is 23.9 Å². The number of anilines is 1. The van der Waals surface area contributed by atoms with Crippen LogP contribution in [0.5, 0.6) is 5.75 Å². The van der Waals surface area contributed by atoms with Crippen molar-refractivity contribution in [2.75, 3.05) is 25.1 Å². The van der Waals surface area contributed by atoms with E-state index >= 15 is 0 Å². The third kappa shape index (κ3) is 6.89. The minimum Gasteiger partial charge on any atom is -0.484 e. The molecular weight excluding hydrogens is 358 g/mol. The first kappa shape index (κ1) is 19.4. The summed E-state index contributed by atoms with van der Waals surface area (Å²) in [6, 6.07) is 8.90. The lowest BCUT2D eigenvalue weighted by molar-refractivity contribution is -0.142. The van der Waals surface area contributed by atoms with E-state index in [0.29, 0.717) is 23.2 Å². The van der Waals surface area contributed by atoms with Crippen LogP contribution in [0.4, 0.5) is 5.13 Å². The van der Waals surface area contributed by atoms with E-state index in [4.69, 9.17) is 9.47 Å². The Balaban J connectivity index is 1.69. The number of benzene rings is 1. The van der Waals surface area contributed by atoms with Gasteiger partial charge in [0.1, 0.15) is 5.75 Å². The van der Waals surface area contributed by atoms with Crippen molar-refractivity contribution in [2.45, 2.75) is 13.3 Å². The standard InChI is InChI=1S/C17H19N3O5S/c1-2-24-16(23)8-12-11-26-17(19-12)20-14(21)9-18-15(22)10-25-13-6-4-3-5-7-13/h3-7,11H,2,8-10H2,1H3,(H,18,22)(H,19,20,21). The van der Waals surface area contributed by atoms with Crippen LogP contribution < -0.4 is 15.4 Å². The molecule has 0 spiro atoms. The second-order valence-electron chi connectivity index (χ2n) is 5.05. The smallest absolute Gasteiger partial charge is 0.311 e. The Hall–Kier alpha value is -2.94. The van der Waals surface area contributed by atoms with Crippen molar-refractivity contribution in [2.24, 2.45) is 0 Å². The predicted octanol–water partition coefficient (Wildman–Crippen LogP) is 1.38. The summed E-state index contributed by atoms with van der Waals surface area (Å²) >= 11 is 1.19. The van der Waals surface area contributed by atoms with Gasteiger partial charge in [0, 0.05) is 5.38 Å². The molecule has 0 unspecified atom stereocenters. The molecule has 26 heavy (non-hydrogen) atoms. The summed E-state index contributed by atoms with van der Waals surface area (Å²) in [7, 11) is 0. The van der Waals surface area contributed by atoms with Gasteiger partial charge in [0.05, 0.1) is 25.3 Å². The number of esters is 1. The van der Waals surface area contributed by atoms with Gasteiger partial charge in [-0.05, 0) is 19.1 Å². The van der Waals surface area contributed by atoms with Crippen LogP contribution in [0.2, 0.25) is 0 Å². The van der Waals surface area contributed by atoms with Crippen molar-refractivity contribution in [3.05, 3.63) is 41.4 Å². The molecule has 0 saturated heterocycles. The fourth-order valence-corrected chi connectivity index (χ4v) is 2.59. The maximum Gasteiger partial charge on any atom is 0.311 e. The van der Waals surface area contributed by atoms with Gasteiger partial charge < -0.3 is 20.1 Å². The summed E-state index contributed by atoms with van der Waals surface area (Å²) < 4.78 is 10.1. The van der Waals surface area contributed by atoms with Crippen molar-refractivity contribution in [3.63, 3.8) is 0 Å². The Morgan fingerprint density at radius 2 is 1.92 bits per heavy atom. The van der Waals surface area contributed by atoms with Gasteiger partial charge in [0.2, 0.25) is 5.91 Å². The fraction of sp³-hybridized carbons (Fsp3) is 0.294. The number of hydrogen-bond donors (Lipinski definition) is 2. The number of carbonyl (C=O) groups is 3. The zero-order chi connectivity index (χ0) is 18.8. The molecule has 0 fully saturated rings. The molecule has 1 aromatic heterocycles. The highest BCUT2D eigenvalue weighted by Crippen LogP contribution is 2.15. The van der Waals surface area contributed by atoms with Crippen LogP contribution in [-0.2, 0) is 25.5 Å². The predicted molar refractivity (Wildman–Crippen MR) is 96.0 cm³/mol. The summed E-state index contributed by atoms with van der Waals surface area (Å²) in [6.07, 6.45) is 0.0494. The molecule has 0 radical (unpaired) electrons. The normalized spacial score (nSPS) is 10.0. The highest BCUT2D eigenvalue weighted by Gasteiger charge is 2.11. The highest BCUT2D eigenvalue weighted by atomic mass is 32.1. The number of aromatic nitrogens is 1. The number of nitrogens with zero attached hydrogens (tertiary/aromatic N) is 1. The van der Waals surface area contributed by atoms with Crippen LogP contribution in [0, 0.1) is 0 Å². The SMILES string of the molecule is CCOC(=O)Cc1csc(NC(=O)CNC(=O)COc2ccccc2)n1.